The second kappa shape index (κ2) is 11.1. The number of benzene rings is 1. The Balaban J connectivity index is 0.00000484. The van der Waals surface area contributed by atoms with Crippen LogP contribution in [0.3, 0.4) is 0 Å². The third-order valence-corrected chi connectivity index (χ3v) is 4.13. The van der Waals surface area contributed by atoms with Crippen molar-refractivity contribution in [3.63, 3.8) is 0 Å². The van der Waals surface area contributed by atoms with E-state index in [1.807, 2.05) is 45.0 Å². The quantitative estimate of drug-likeness (QED) is 0.331. The molecule has 0 fully saturated rings. The highest BCUT2D eigenvalue weighted by Gasteiger charge is 2.21. The zero-order valence-corrected chi connectivity index (χ0v) is 17.5. The highest BCUT2D eigenvalue weighted by Crippen LogP contribution is 2.18. The molecule has 0 heterocycles. The summed E-state index contributed by atoms with van der Waals surface area (Å²) in [7, 11) is 0. The molecule has 0 bridgehead atoms. The number of rotatable bonds is 7. The van der Waals surface area contributed by atoms with Gasteiger partial charge in [-0.3, -0.25) is 4.99 Å². The smallest absolute Gasteiger partial charge is 0.191 e. The molecule has 1 rings (SSSR count). The van der Waals surface area contributed by atoms with Crippen LogP contribution in [0.1, 0.15) is 52.1 Å². The minimum atomic E-state index is -0.734. The van der Waals surface area contributed by atoms with Gasteiger partial charge in [0.2, 0.25) is 0 Å². The van der Waals surface area contributed by atoms with Crippen LogP contribution in [0, 0.1) is 0 Å². The molecule has 0 radical (unpaired) electrons. The van der Waals surface area contributed by atoms with Gasteiger partial charge < -0.3 is 15.7 Å². The Morgan fingerprint density at radius 3 is 2.48 bits per heavy atom. The Kier molecular flexibility index (Phi) is 10.8. The molecule has 132 valence electrons. The molecule has 23 heavy (non-hydrogen) atoms. The molecular weight excluding hydrogens is 425 g/mol. The summed E-state index contributed by atoms with van der Waals surface area (Å²) in [4.78, 5) is 4.53. The number of hydrogen-bond donors (Lipinski definition) is 3. The van der Waals surface area contributed by atoms with E-state index in [1.165, 1.54) is 0 Å². The molecule has 0 aliphatic carbocycles. The zero-order valence-electron chi connectivity index (χ0n) is 14.4. The van der Waals surface area contributed by atoms with Crippen LogP contribution < -0.4 is 10.6 Å². The Labute approximate surface area is 162 Å². The Bertz CT molecular complexity index is 492. The lowest BCUT2D eigenvalue weighted by molar-refractivity contribution is 0.0418. The molecule has 6 heteroatoms. The predicted octanol–water partition coefficient (Wildman–Crippen LogP) is 4.13. The predicted molar refractivity (Wildman–Crippen MR) is 110 cm³/mol. The number of guanidine groups is 1. The van der Waals surface area contributed by atoms with Gasteiger partial charge in [0.1, 0.15) is 0 Å². The lowest BCUT2D eigenvalue weighted by atomic mass is 9.98. The van der Waals surface area contributed by atoms with Gasteiger partial charge in [-0.2, -0.15) is 0 Å². The van der Waals surface area contributed by atoms with Gasteiger partial charge in [-0.05, 0) is 44.4 Å². The average molecular weight is 454 g/mol. The summed E-state index contributed by atoms with van der Waals surface area (Å²) in [5.74, 6) is 0.704. The van der Waals surface area contributed by atoms with Crippen LogP contribution in [0.5, 0.6) is 0 Å². The van der Waals surface area contributed by atoms with Crippen molar-refractivity contribution in [2.45, 2.75) is 52.2 Å². The summed E-state index contributed by atoms with van der Waals surface area (Å²) in [5, 5.41) is 17.6. The topological polar surface area (TPSA) is 56.7 Å². The highest BCUT2D eigenvalue weighted by molar-refractivity contribution is 14.0. The molecule has 0 spiro atoms. The van der Waals surface area contributed by atoms with Crippen molar-refractivity contribution in [2.75, 3.05) is 13.1 Å². The van der Waals surface area contributed by atoms with Crippen LogP contribution >= 0.6 is 35.6 Å². The third-order valence-electron chi connectivity index (χ3n) is 3.89. The van der Waals surface area contributed by atoms with E-state index in [1.54, 1.807) is 0 Å². The molecule has 1 aromatic carbocycles. The molecule has 1 atom stereocenters. The first-order valence-electron chi connectivity index (χ1n) is 7.96. The van der Waals surface area contributed by atoms with Crippen molar-refractivity contribution in [2.24, 2.45) is 4.99 Å². The van der Waals surface area contributed by atoms with Crippen LogP contribution in [-0.4, -0.2) is 29.8 Å². The lowest BCUT2D eigenvalue weighted by Gasteiger charge is -2.24. The summed E-state index contributed by atoms with van der Waals surface area (Å²) < 4.78 is 0. The number of nitrogens with one attached hydrogen (secondary N) is 2. The molecule has 0 amide bonds. The van der Waals surface area contributed by atoms with E-state index in [9.17, 15) is 5.11 Å². The maximum atomic E-state index is 10.4. The maximum absolute atomic E-state index is 10.4. The van der Waals surface area contributed by atoms with E-state index in [4.69, 9.17) is 11.6 Å². The maximum Gasteiger partial charge on any atom is 0.191 e. The van der Waals surface area contributed by atoms with E-state index >= 15 is 0 Å². The number of nitrogens with zero attached hydrogens (tertiary/aromatic N) is 1. The molecule has 0 aromatic heterocycles. The highest BCUT2D eigenvalue weighted by atomic mass is 127. The van der Waals surface area contributed by atoms with Crippen molar-refractivity contribution >= 4 is 41.5 Å². The lowest BCUT2D eigenvalue weighted by Crippen LogP contribution is -2.40. The molecule has 3 N–H and O–H groups in total. The minimum Gasteiger partial charge on any atom is -0.388 e. The Morgan fingerprint density at radius 1 is 1.30 bits per heavy atom. The summed E-state index contributed by atoms with van der Waals surface area (Å²) in [6, 6.07) is 7.85. The molecule has 1 aromatic rings. The van der Waals surface area contributed by atoms with Crippen LogP contribution in [0.25, 0.3) is 0 Å². The van der Waals surface area contributed by atoms with Crippen LogP contribution in [-0.2, 0) is 0 Å². The summed E-state index contributed by atoms with van der Waals surface area (Å²) in [6.45, 7) is 9.20. The van der Waals surface area contributed by atoms with Crippen molar-refractivity contribution in [3.05, 3.63) is 34.9 Å². The second-order valence-corrected chi connectivity index (χ2v) is 5.98. The summed E-state index contributed by atoms with van der Waals surface area (Å²) in [5.41, 5.74) is 0.362. The van der Waals surface area contributed by atoms with Gasteiger partial charge >= 0.3 is 0 Å². The second-order valence-electron chi connectivity index (χ2n) is 5.55. The van der Waals surface area contributed by atoms with Crippen molar-refractivity contribution < 1.29 is 5.11 Å². The first-order chi connectivity index (χ1) is 10.4. The molecule has 1 unspecified atom stereocenters. The third kappa shape index (κ3) is 7.72. The van der Waals surface area contributed by atoms with Gasteiger partial charge in [-0.25, -0.2) is 0 Å². The number of hydrogen-bond acceptors (Lipinski definition) is 2. The SMILES string of the molecule is CCNC(=NCC(O)(CC)CC)NC(C)c1cccc(Cl)c1.I. The van der Waals surface area contributed by atoms with Gasteiger partial charge in [0.25, 0.3) is 0 Å². The first-order valence-corrected chi connectivity index (χ1v) is 8.34. The molecule has 0 saturated heterocycles. The zero-order chi connectivity index (χ0) is 16.6. The van der Waals surface area contributed by atoms with E-state index in [-0.39, 0.29) is 30.0 Å². The van der Waals surface area contributed by atoms with Crippen LogP contribution in [0.15, 0.2) is 29.3 Å². The normalized spacial score (nSPS) is 13.2. The van der Waals surface area contributed by atoms with Crippen molar-refractivity contribution in [1.29, 1.82) is 0 Å². The van der Waals surface area contributed by atoms with Crippen molar-refractivity contribution in [1.82, 2.24) is 10.6 Å². The Morgan fingerprint density at radius 2 is 1.96 bits per heavy atom. The molecular formula is C17H29ClIN3O. The summed E-state index contributed by atoms with van der Waals surface area (Å²) in [6.07, 6.45) is 1.38. The average Bonchev–Trinajstić information content (AvgIpc) is 2.52. The fraction of sp³-hybridized carbons (Fsp3) is 0.588. The fourth-order valence-corrected chi connectivity index (χ4v) is 2.28. The molecule has 4 nitrogen and oxygen atoms in total. The standard InChI is InChI=1S/C17H28ClN3O.HI/c1-5-17(22,6-2)12-20-16(19-7-3)21-13(4)14-9-8-10-15(18)11-14;/h8-11,13,22H,5-7,12H2,1-4H3,(H2,19,20,21);1H. The number of aliphatic imine (C=N–C) groups is 1. The summed E-state index contributed by atoms with van der Waals surface area (Å²) >= 11 is 6.04. The van der Waals surface area contributed by atoms with Crippen LogP contribution in [0.2, 0.25) is 5.02 Å². The first kappa shape index (κ1) is 22.5. The van der Waals surface area contributed by atoms with E-state index in [0.717, 1.165) is 17.1 Å². The largest absolute Gasteiger partial charge is 0.388 e. The van der Waals surface area contributed by atoms with E-state index in [2.05, 4.69) is 22.5 Å². The van der Waals surface area contributed by atoms with Crippen LogP contribution in [0.4, 0.5) is 0 Å². The van der Waals surface area contributed by atoms with Crippen molar-refractivity contribution in [3.8, 4) is 0 Å². The van der Waals surface area contributed by atoms with E-state index < -0.39 is 5.60 Å². The van der Waals surface area contributed by atoms with Gasteiger partial charge in [0, 0.05) is 11.6 Å². The molecule has 0 saturated carbocycles. The number of halogens is 2. The number of aliphatic hydroxyl groups is 1. The van der Waals surface area contributed by atoms with Gasteiger partial charge in [-0.15, -0.1) is 24.0 Å². The minimum absolute atomic E-state index is 0. The van der Waals surface area contributed by atoms with Gasteiger partial charge in [-0.1, -0.05) is 37.6 Å². The fourth-order valence-electron chi connectivity index (χ4n) is 2.08. The molecule has 0 aliphatic rings. The molecule has 0 aliphatic heterocycles. The Hall–Kier alpha value is -0.530. The van der Waals surface area contributed by atoms with Gasteiger partial charge in [0.05, 0.1) is 18.2 Å². The monoisotopic (exact) mass is 453 g/mol. The van der Waals surface area contributed by atoms with E-state index in [0.29, 0.717) is 25.3 Å². The van der Waals surface area contributed by atoms with Gasteiger partial charge in [0.15, 0.2) is 5.96 Å².